The molecule has 5 atom stereocenters. The number of hydrogen-bond acceptors (Lipinski definition) is 1. The topological polar surface area (TPSA) is 20.2 Å². The predicted octanol–water partition coefficient (Wildman–Crippen LogP) is 2.98. The monoisotopic (exact) mass is 222 g/mol. The molecule has 2 aliphatic carbocycles. The van der Waals surface area contributed by atoms with E-state index in [1.807, 2.05) is 0 Å². The molecule has 0 aliphatic heterocycles. The van der Waals surface area contributed by atoms with E-state index < -0.39 is 18.2 Å². The largest absolute Gasteiger partial charge is 0.394 e. The van der Waals surface area contributed by atoms with Crippen LogP contribution in [0.25, 0.3) is 0 Å². The van der Waals surface area contributed by atoms with Gasteiger partial charge in [0.15, 0.2) is 0 Å². The summed E-state index contributed by atoms with van der Waals surface area (Å²) in [5.41, 5.74) is 0. The fourth-order valence-electron chi connectivity index (χ4n) is 3.61. The van der Waals surface area contributed by atoms with Gasteiger partial charge in [0.2, 0.25) is 0 Å². The Kier molecular flexibility index (Phi) is 2.73. The number of alkyl halides is 3. The standard InChI is InChI=1S/C11H17F3O/c1-6(15)10(11(12,13)14)9-5-7-2-3-8(9)4-7/h6-10,15H,2-5H2,1H3. The highest BCUT2D eigenvalue weighted by molar-refractivity contribution is 4.96. The average molecular weight is 222 g/mol. The quantitative estimate of drug-likeness (QED) is 0.761. The highest BCUT2D eigenvalue weighted by Gasteiger charge is 2.54. The van der Waals surface area contributed by atoms with Gasteiger partial charge in [0.1, 0.15) is 0 Å². The second-order valence-electron chi connectivity index (χ2n) is 5.15. The molecule has 2 fully saturated rings. The van der Waals surface area contributed by atoms with Gasteiger partial charge in [-0.1, -0.05) is 6.42 Å². The van der Waals surface area contributed by atoms with Gasteiger partial charge in [-0.15, -0.1) is 0 Å². The molecular weight excluding hydrogens is 205 g/mol. The molecule has 2 aliphatic rings. The van der Waals surface area contributed by atoms with Crippen molar-refractivity contribution in [2.75, 3.05) is 0 Å². The normalized spacial score (nSPS) is 39.4. The van der Waals surface area contributed by atoms with Crippen molar-refractivity contribution < 1.29 is 18.3 Å². The molecule has 0 aromatic heterocycles. The highest BCUT2D eigenvalue weighted by atomic mass is 19.4. The first-order chi connectivity index (χ1) is 6.89. The number of hydrogen-bond donors (Lipinski definition) is 1. The van der Waals surface area contributed by atoms with Crippen LogP contribution in [0.4, 0.5) is 13.2 Å². The molecule has 15 heavy (non-hydrogen) atoms. The summed E-state index contributed by atoms with van der Waals surface area (Å²) in [7, 11) is 0. The van der Waals surface area contributed by atoms with Gasteiger partial charge in [-0.3, -0.25) is 0 Å². The minimum atomic E-state index is -4.25. The fourth-order valence-corrected chi connectivity index (χ4v) is 3.61. The van der Waals surface area contributed by atoms with Crippen LogP contribution < -0.4 is 0 Å². The zero-order valence-corrected chi connectivity index (χ0v) is 8.80. The Morgan fingerprint density at radius 1 is 1.20 bits per heavy atom. The lowest BCUT2D eigenvalue weighted by molar-refractivity contribution is -0.217. The van der Waals surface area contributed by atoms with Gasteiger partial charge in [0.25, 0.3) is 0 Å². The molecule has 1 N–H and O–H groups in total. The van der Waals surface area contributed by atoms with Crippen LogP contribution in [-0.4, -0.2) is 17.4 Å². The maximum Gasteiger partial charge on any atom is 0.394 e. The third-order valence-electron chi connectivity index (χ3n) is 4.15. The van der Waals surface area contributed by atoms with Crippen LogP contribution >= 0.6 is 0 Å². The van der Waals surface area contributed by atoms with Crippen LogP contribution in [0, 0.1) is 23.7 Å². The average Bonchev–Trinajstić information content (AvgIpc) is 2.60. The molecule has 2 bridgehead atoms. The molecular formula is C11H17F3O. The summed E-state index contributed by atoms with van der Waals surface area (Å²) in [5, 5.41) is 9.32. The van der Waals surface area contributed by atoms with Crippen molar-refractivity contribution in [1.82, 2.24) is 0 Å². The van der Waals surface area contributed by atoms with E-state index in [0.29, 0.717) is 12.3 Å². The Morgan fingerprint density at radius 2 is 1.87 bits per heavy atom. The molecule has 2 saturated carbocycles. The van der Waals surface area contributed by atoms with Gasteiger partial charge in [-0.2, -0.15) is 13.2 Å². The second-order valence-corrected chi connectivity index (χ2v) is 5.15. The zero-order valence-electron chi connectivity index (χ0n) is 8.80. The van der Waals surface area contributed by atoms with Crippen molar-refractivity contribution in [1.29, 1.82) is 0 Å². The van der Waals surface area contributed by atoms with Gasteiger partial charge < -0.3 is 5.11 Å². The van der Waals surface area contributed by atoms with Crippen LogP contribution in [0.15, 0.2) is 0 Å². The van der Waals surface area contributed by atoms with Crippen molar-refractivity contribution in [2.45, 2.75) is 44.9 Å². The van der Waals surface area contributed by atoms with E-state index in [4.69, 9.17) is 0 Å². The molecule has 0 aromatic rings. The van der Waals surface area contributed by atoms with E-state index in [1.54, 1.807) is 0 Å². The number of aliphatic hydroxyl groups excluding tert-OH is 1. The highest BCUT2D eigenvalue weighted by Crippen LogP contribution is 2.54. The predicted molar refractivity (Wildman–Crippen MR) is 50.2 cm³/mol. The maximum absolute atomic E-state index is 12.8. The molecule has 0 heterocycles. The first-order valence-electron chi connectivity index (χ1n) is 5.64. The van der Waals surface area contributed by atoms with E-state index in [0.717, 1.165) is 19.3 Å². The van der Waals surface area contributed by atoms with Crippen LogP contribution in [0.1, 0.15) is 32.6 Å². The Bertz CT molecular complexity index is 236. The molecule has 0 aromatic carbocycles. The first-order valence-corrected chi connectivity index (χ1v) is 5.64. The van der Waals surface area contributed by atoms with E-state index in [2.05, 4.69) is 0 Å². The number of aliphatic hydroxyl groups is 1. The fraction of sp³-hybridized carbons (Fsp3) is 1.00. The molecule has 4 heteroatoms. The van der Waals surface area contributed by atoms with Crippen LogP contribution in [0.5, 0.6) is 0 Å². The van der Waals surface area contributed by atoms with Gasteiger partial charge in [0, 0.05) is 0 Å². The Balaban J connectivity index is 2.12. The van der Waals surface area contributed by atoms with Gasteiger partial charge in [0.05, 0.1) is 12.0 Å². The lowest BCUT2D eigenvalue weighted by Gasteiger charge is -2.33. The summed E-state index contributed by atoms with van der Waals surface area (Å²) < 4.78 is 38.4. The van der Waals surface area contributed by atoms with Crippen molar-refractivity contribution >= 4 is 0 Å². The molecule has 5 unspecified atom stereocenters. The molecule has 0 amide bonds. The summed E-state index contributed by atoms with van der Waals surface area (Å²) in [4.78, 5) is 0. The molecule has 0 saturated heterocycles. The summed E-state index contributed by atoms with van der Waals surface area (Å²) in [6, 6.07) is 0. The van der Waals surface area contributed by atoms with Gasteiger partial charge in [-0.25, -0.2) is 0 Å². The molecule has 2 rings (SSSR count). The van der Waals surface area contributed by atoms with Crippen molar-refractivity contribution in [2.24, 2.45) is 23.7 Å². The van der Waals surface area contributed by atoms with E-state index in [1.165, 1.54) is 6.92 Å². The van der Waals surface area contributed by atoms with E-state index in [-0.39, 0.29) is 11.8 Å². The number of rotatable bonds is 2. The van der Waals surface area contributed by atoms with Crippen molar-refractivity contribution in [3.63, 3.8) is 0 Å². The maximum atomic E-state index is 12.8. The van der Waals surface area contributed by atoms with Crippen LogP contribution in [0.3, 0.4) is 0 Å². The lowest BCUT2D eigenvalue weighted by Crippen LogP contribution is -2.40. The Hall–Kier alpha value is -0.250. The number of fused-ring (bicyclic) bond motifs is 2. The van der Waals surface area contributed by atoms with Crippen molar-refractivity contribution in [3.8, 4) is 0 Å². The molecule has 0 radical (unpaired) electrons. The van der Waals surface area contributed by atoms with Crippen LogP contribution in [-0.2, 0) is 0 Å². The second kappa shape index (κ2) is 3.65. The zero-order chi connectivity index (χ0) is 11.2. The molecule has 88 valence electrons. The minimum absolute atomic E-state index is 0.205. The van der Waals surface area contributed by atoms with E-state index >= 15 is 0 Å². The van der Waals surface area contributed by atoms with Crippen LogP contribution in [0.2, 0.25) is 0 Å². The first kappa shape index (κ1) is 11.2. The Labute approximate surface area is 87.7 Å². The van der Waals surface area contributed by atoms with E-state index in [9.17, 15) is 18.3 Å². The summed E-state index contributed by atoms with van der Waals surface area (Å²) >= 11 is 0. The van der Waals surface area contributed by atoms with Gasteiger partial charge in [-0.05, 0) is 43.9 Å². The third kappa shape index (κ3) is 2.01. The molecule has 1 nitrogen and oxygen atoms in total. The lowest BCUT2D eigenvalue weighted by atomic mass is 9.76. The van der Waals surface area contributed by atoms with Crippen molar-refractivity contribution in [3.05, 3.63) is 0 Å². The smallest absolute Gasteiger partial charge is 0.393 e. The summed E-state index contributed by atoms with van der Waals surface area (Å²) in [6.07, 6.45) is -1.89. The summed E-state index contributed by atoms with van der Waals surface area (Å²) in [6.45, 7) is 1.27. The Morgan fingerprint density at radius 3 is 2.20 bits per heavy atom. The summed E-state index contributed by atoms with van der Waals surface area (Å²) in [5.74, 6) is -1.14. The molecule has 0 spiro atoms. The van der Waals surface area contributed by atoms with Gasteiger partial charge >= 0.3 is 6.18 Å². The number of halogens is 3. The minimum Gasteiger partial charge on any atom is -0.393 e. The SMILES string of the molecule is CC(O)C(C1CC2CCC1C2)C(F)(F)F. The third-order valence-corrected chi connectivity index (χ3v) is 4.15.